The molecule has 0 aliphatic carbocycles. The standard InChI is InChI=1S/C12H16N4S/c1-17-11-3-5-15(9-11)7-10-6-13-12-2-4-14-16(12)8-10/h2,4,6,8,11H,3,5,7,9H2,1H3. The number of likely N-dealkylation sites (tertiary alicyclic amines) is 1. The molecule has 1 saturated heterocycles. The van der Waals surface area contributed by atoms with Crippen molar-refractivity contribution in [1.82, 2.24) is 19.5 Å². The lowest BCUT2D eigenvalue weighted by atomic mass is 10.3. The normalized spacial score (nSPS) is 21.4. The van der Waals surface area contributed by atoms with Crippen molar-refractivity contribution in [3.8, 4) is 0 Å². The fourth-order valence-electron chi connectivity index (χ4n) is 2.32. The van der Waals surface area contributed by atoms with E-state index in [0.717, 1.165) is 17.4 Å². The molecular formula is C12H16N4S. The predicted molar refractivity (Wildman–Crippen MR) is 70.2 cm³/mol. The Hall–Kier alpha value is -1.07. The summed E-state index contributed by atoms with van der Waals surface area (Å²) in [5.74, 6) is 0. The second kappa shape index (κ2) is 4.66. The number of rotatable bonds is 3. The first-order valence-corrected chi connectivity index (χ1v) is 7.17. The van der Waals surface area contributed by atoms with Gasteiger partial charge in [-0.05, 0) is 19.2 Å². The lowest BCUT2D eigenvalue weighted by Gasteiger charge is -2.15. The number of hydrogen-bond acceptors (Lipinski definition) is 4. The molecule has 17 heavy (non-hydrogen) atoms. The van der Waals surface area contributed by atoms with Crippen LogP contribution in [0.15, 0.2) is 24.7 Å². The van der Waals surface area contributed by atoms with Gasteiger partial charge in [0.15, 0.2) is 5.65 Å². The minimum Gasteiger partial charge on any atom is -0.298 e. The fraction of sp³-hybridized carbons (Fsp3) is 0.500. The molecule has 0 amide bonds. The molecule has 1 unspecified atom stereocenters. The molecule has 3 rings (SSSR count). The van der Waals surface area contributed by atoms with E-state index < -0.39 is 0 Å². The molecule has 0 spiro atoms. The van der Waals surface area contributed by atoms with Crippen LogP contribution in [0, 0.1) is 0 Å². The van der Waals surface area contributed by atoms with E-state index in [0.29, 0.717) is 0 Å². The number of nitrogens with zero attached hydrogens (tertiary/aromatic N) is 4. The maximum Gasteiger partial charge on any atom is 0.154 e. The number of aromatic nitrogens is 3. The second-order valence-corrected chi connectivity index (χ2v) is 5.62. The highest BCUT2D eigenvalue weighted by atomic mass is 32.2. The molecule has 2 aromatic heterocycles. The maximum atomic E-state index is 4.39. The van der Waals surface area contributed by atoms with E-state index in [9.17, 15) is 0 Å². The lowest BCUT2D eigenvalue weighted by Crippen LogP contribution is -2.21. The third kappa shape index (κ3) is 2.30. The summed E-state index contributed by atoms with van der Waals surface area (Å²) in [6, 6.07) is 1.92. The van der Waals surface area contributed by atoms with Crippen LogP contribution in [0.4, 0.5) is 0 Å². The summed E-state index contributed by atoms with van der Waals surface area (Å²) in [4.78, 5) is 6.88. The Morgan fingerprint density at radius 2 is 2.47 bits per heavy atom. The summed E-state index contributed by atoms with van der Waals surface area (Å²) in [5, 5.41) is 5.02. The van der Waals surface area contributed by atoms with Gasteiger partial charge in [-0.25, -0.2) is 9.50 Å². The summed E-state index contributed by atoms with van der Waals surface area (Å²) >= 11 is 1.98. The van der Waals surface area contributed by atoms with Gasteiger partial charge in [0.05, 0.1) is 6.20 Å². The van der Waals surface area contributed by atoms with E-state index in [4.69, 9.17) is 0 Å². The van der Waals surface area contributed by atoms with Crippen LogP contribution in [0.5, 0.6) is 0 Å². The molecule has 1 fully saturated rings. The smallest absolute Gasteiger partial charge is 0.154 e. The Morgan fingerprint density at radius 3 is 3.29 bits per heavy atom. The van der Waals surface area contributed by atoms with Crippen molar-refractivity contribution in [2.75, 3.05) is 19.3 Å². The molecule has 1 aliphatic rings. The van der Waals surface area contributed by atoms with Crippen LogP contribution >= 0.6 is 11.8 Å². The zero-order valence-electron chi connectivity index (χ0n) is 9.91. The number of thioether (sulfide) groups is 1. The van der Waals surface area contributed by atoms with Gasteiger partial charge in [-0.15, -0.1) is 0 Å². The van der Waals surface area contributed by atoms with E-state index >= 15 is 0 Å². The molecule has 1 aliphatic heterocycles. The SMILES string of the molecule is CSC1CCN(Cc2cnc3ccnn3c2)C1. The van der Waals surface area contributed by atoms with E-state index in [1.54, 1.807) is 6.20 Å². The minimum absolute atomic E-state index is 0.802. The zero-order chi connectivity index (χ0) is 11.7. The van der Waals surface area contributed by atoms with E-state index in [-0.39, 0.29) is 0 Å². The van der Waals surface area contributed by atoms with Gasteiger partial charge in [0.1, 0.15) is 0 Å². The molecule has 0 saturated carbocycles. The average Bonchev–Trinajstić information content (AvgIpc) is 2.96. The van der Waals surface area contributed by atoms with Gasteiger partial charge in [-0.3, -0.25) is 4.90 Å². The highest BCUT2D eigenvalue weighted by Gasteiger charge is 2.21. The molecule has 4 nitrogen and oxygen atoms in total. The van der Waals surface area contributed by atoms with Gasteiger partial charge in [0.25, 0.3) is 0 Å². The van der Waals surface area contributed by atoms with Crippen LogP contribution in [-0.2, 0) is 6.54 Å². The Morgan fingerprint density at radius 1 is 1.53 bits per heavy atom. The minimum atomic E-state index is 0.802. The Bertz CT molecular complexity index is 510. The summed E-state index contributed by atoms with van der Waals surface area (Å²) in [5.41, 5.74) is 2.15. The van der Waals surface area contributed by atoms with Crippen molar-refractivity contribution in [1.29, 1.82) is 0 Å². The molecule has 2 aromatic rings. The third-order valence-corrected chi connectivity index (χ3v) is 4.32. The van der Waals surface area contributed by atoms with Crippen LogP contribution < -0.4 is 0 Å². The molecule has 0 radical (unpaired) electrons. The van der Waals surface area contributed by atoms with Gasteiger partial charge in [0.2, 0.25) is 0 Å². The van der Waals surface area contributed by atoms with Gasteiger partial charge in [-0.1, -0.05) is 0 Å². The van der Waals surface area contributed by atoms with Crippen molar-refractivity contribution in [2.45, 2.75) is 18.2 Å². The molecule has 1 atom stereocenters. The summed E-state index contributed by atoms with van der Waals surface area (Å²) < 4.78 is 1.84. The Balaban J connectivity index is 1.72. The molecule has 0 aromatic carbocycles. The van der Waals surface area contributed by atoms with Gasteiger partial charge < -0.3 is 0 Å². The van der Waals surface area contributed by atoms with Gasteiger partial charge in [-0.2, -0.15) is 16.9 Å². The van der Waals surface area contributed by atoms with E-state index in [2.05, 4.69) is 27.4 Å². The van der Waals surface area contributed by atoms with E-state index in [1.165, 1.54) is 25.1 Å². The first kappa shape index (κ1) is 11.0. The van der Waals surface area contributed by atoms with Crippen molar-refractivity contribution >= 4 is 17.4 Å². The third-order valence-electron chi connectivity index (χ3n) is 3.27. The van der Waals surface area contributed by atoms with Gasteiger partial charge in [0, 0.05) is 42.4 Å². The first-order valence-electron chi connectivity index (χ1n) is 5.88. The van der Waals surface area contributed by atoms with Crippen LogP contribution in [0.3, 0.4) is 0 Å². The summed E-state index contributed by atoms with van der Waals surface area (Å²) in [7, 11) is 0. The Kier molecular flexibility index (Phi) is 3.03. The van der Waals surface area contributed by atoms with Crippen LogP contribution in [-0.4, -0.2) is 44.1 Å². The zero-order valence-corrected chi connectivity index (χ0v) is 10.7. The molecule has 5 heteroatoms. The quantitative estimate of drug-likeness (QED) is 0.827. The van der Waals surface area contributed by atoms with Crippen molar-refractivity contribution < 1.29 is 0 Å². The molecule has 90 valence electrons. The monoisotopic (exact) mass is 248 g/mol. The topological polar surface area (TPSA) is 33.4 Å². The van der Waals surface area contributed by atoms with E-state index in [1.807, 2.05) is 28.5 Å². The van der Waals surface area contributed by atoms with Crippen molar-refractivity contribution in [2.24, 2.45) is 0 Å². The second-order valence-electron chi connectivity index (χ2n) is 4.48. The highest BCUT2D eigenvalue weighted by Crippen LogP contribution is 2.21. The lowest BCUT2D eigenvalue weighted by molar-refractivity contribution is 0.331. The summed E-state index contributed by atoms with van der Waals surface area (Å²) in [6.07, 6.45) is 9.33. The Labute approximate surface area is 105 Å². The molecule has 0 bridgehead atoms. The highest BCUT2D eigenvalue weighted by molar-refractivity contribution is 7.99. The van der Waals surface area contributed by atoms with Crippen LogP contribution in [0.25, 0.3) is 5.65 Å². The van der Waals surface area contributed by atoms with Crippen LogP contribution in [0.1, 0.15) is 12.0 Å². The number of hydrogen-bond donors (Lipinski definition) is 0. The fourth-order valence-corrected chi connectivity index (χ4v) is 3.02. The summed E-state index contributed by atoms with van der Waals surface area (Å²) in [6.45, 7) is 3.38. The predicted octanol–water partition coefficient (Wildman–Crippen LogP) is 1.67. The van der Waals surface area contributed by atoms with Gasteiger partial charge >= 0.3 is 0 Å². The largest absolute Gasteiger partial charge is 0.298 e. The first-order chi connectivity index (χ1) is 8.35. The maximum absolute atomic E-state index is 4.39. The van der Waals surface area contributed by atoms with Crippen molar-refractivity contribution in [3.63, 3.8) is 0 Å². The van der Waals surface area contributed by atoms with Crippen molar-refractivity contribution in [3.05, 3.63) is 30.2 Å². The molecular weight excluding hydrogens is 232 g/mol. The molecule has 3 heterocycles. The van der Waals surface area contributed by atoms with Crippen LogP contribution in [0.2, 0.25) is 0 Å². The number of fused-ring (bicyclic) bond motifs is 1. The molecule has 0 N–H and O–H groups in total. The average molecular weight is 248 g/mol.